The van der Waals surface area contributed by atoms with E-state index in [1.165, 1.54) is 30.3 Å². The van der Waals surface area contributed by atoms with E-state index >= 15 is 0 Å². The Balaban J connectivity index is 0.000000532. The van der Waals surface area contributed by atoms with Crippen molar-refractivity contribution < 1.29 is 77.8 Å². The maximum atomic E-state index is 10.5. The highest BCUT2D eigenvalue weighted by molar-refractivity contribution is 5.88. The molecular formula is C23H21F3O13. The number of hydrogen-bond acceptors (Lipinski definition) is 12. The largest absolute Gasteiger partial charge is 0.542 e. The second-order valence-electron chi connectivity index (χ2n) is 8.12. The number of phenols is 4. The van der Waals surface area contributed by atoms with Crippen molar-refractivity contribution in [3.05, 3.63) is 36.4 Å². The monoisotopic (exact) mass is 562 g/mol. The van der Waals surface area contributed by atoms with Crippen molar-refractivity contribution >= 4 is 16.9 Å². The molecule has 5 atom stereocenters. The molecule has 16 heteroatoms. The second kappa shape index (κ2) is 11.3. The third-order valence-electron chi connectivity index (χ3n) is 5.38. The normalized spacial score (nSPS) is 23.1. The Morgan fingerprint density at radius 1 is 0.949 bits per heavy atom. The lowest BCUT2D eigenvalue weighted by Gasteiger charge is -2.39. The Bertz CT molecular complexity index is 1350. The SMILES string of the molecule is O=C([O-])C(F)(F)F.OC[C@H]1O[C@@H](Oc2cc3c(O)cc(O)cc3[o+]c2-c2ccc(O)c(O)c2)[C@H](O)[C@@H](O)[C@@H]1O. The molecule has 0 spiro atoms. The molecule has 2 heterocycles. The van der Waals surface area contributed by atoms with Crippen molar-refractivity contribution in [1.29, 1.82) is 0 Å². The zero-order chi connectivity index (χ0) is 29.2. The minimum Gasteiger partial charge on any atom is -0.542 e. The van der Waals surface area contributed by atoms with Gasteiger partial charge in [0.25, 0.3) is 0 Å². The number of fused-ring (bicyclic) bond motifs is 1. The number of benzene rings is 2. The number of aromatic hydroxyl groups is 4. The van der Waals surface area contributed by atoms with E-state index in [0.29, 0.717) is 0 Å². The molecule has 1 fully saturated rings. The van der Waals surface area contributed by atoms with Crippen molar-refractivity contribution in [3.8, 4) is 40.1 Å². The fourth-order valence-corrected chi connectivity index (χ4v) is 3.43. The molecule has 0 bridgehead atoms. The molecular weight excluding hydrogens is 541 g/mol. The summed E-state index contributed by atoms with van der Waals surface area (Å²) in [7, 11) is 0. The van der Waals surface area contributed by atoms with Crippen LogP contribution >= 0.6 is 0 Å². The van der Waals surface area contributed by atoms with Crippen LogP contribution in [0.3, 0.4) is 0 Å². The number of halogens is 3. The summed E-state index contributed by atoms with van der Waals surface area (Å²) in [6, 6.07) is 7.37. The molecule has 39 heavy (non-hydrogen) atoms. The molecule has 3 aromatic rings. The molecule has 0 radical (unpaired) electrons. The van der Waals surface area contributed by atoms with E-state index in [1.807, 2.05) is 0 Å². The number of aliphatic carboxylic acids is 1. The highest BCUT2D eigenvalue weighted by Gasteiger charge is 2.45. The quantitative estimate of drug-likeness (QED) is 0.151. The van der Waals surface area contributed by atoms with Gasteiger partial charge in [0.15, 0.2) is 11.5 Å². The number of phenolic OH excluding ortho intramolecular Hbond substituents is 4. The molecule has 2 aromatic carbocycles. The number of carbonyl (C=O) groups excluding carboxylic acids is 1. The summed E-state index contributed by atoms with van der Waals surface area (Å²) in [4.78, 5) is 8.78. The summed E-state index contributed by atoms with van der Waals surface area (Å²) in [5.41, 5.74) is 0.260. The number of rotatable bonds is 4. The fraction of sp³-hybridized carbons (Fsp3) is 0.304. The van der Waals surface area contributed by atoms with Crippen molar-refractivity contribution in [2.24, 2.45) is 0 Å². The van der Waals surface area contributed by atoms with E-state index in [9.17, 15) is 54.0 Å². The summed E-state index contributed by atoms with van der Waals surface area (Å²) in [5.74, 6) is -4.64. The maximum Gasteiger partial charge on any atom is 0.430 e. The van der Waals surface area contributed by atoms with E-state index in [0.717, 1.165) is 6.07 Å². The van der Waals surface area contributed by atoms with Gasteiger partial charge in [-0.25, -0.2) is 4.42 Å². The summed E-state index contributed by atoms with van der Waals surface area (Å²) in [5, 5.41) is 88.0. The fourth-order valence-electron chi connectivity index (χ4n) is 3.43. The number of aliphatic hydroxyl groups excluding tert-OH is 4. The molecule has 4 rings (SSSR count). The average Bonchev–Trinajstić information content (AvgIpc) is 2.85. The number of ether oxygens (including phenoxy) is 2. The first-order valence-electron chi connectivity index (χ1n) is 10.7. The number of alkyl halides is 3. The molecule has 8 N–H and O–H groups in total. The van der Waals surface area contributed by atoms with Gasteiger partial charge in [-0.1, -0.05) is 0 Å². The van der Waals surface area contributed by atoms with Crippen LogP contribution in [0.5, 0.6) is 28.7 Å². The lowest BCUT2D eigenvalue weighted by Crippen LogP contribution is -2.60. The van der Waals surface area contributed by atoms with Crippen molar-refractivity contribution in [2.75, 3.05) is 6.61 Å². The summed E-state index contributed by atoms with van der Waals surface area (Å²) in [6.45, 7) is -0.661. The lowest BCUT2D eigenvalue weighted by atomic mass is 9.99. The Hall–Kier alpha value is -4.09. The van der Waals surface area contributed by atoms with Gasteiger partial charge in [-0.15, -0.1) is 0 Å². The predicted molar refractivity (Wildman–Crippen MR) is 118 cm³/mol. The van der Waals surface area contributed by atoms with Gasteiger partial charge in [-0.2, -0.15) is 13.2 Å². The van der Waals surface area contributed by atoms with Crippen LogP contribution in [0.2, 0.25) is 0 Å². The molecule has 0 aliphatic carbocycles. The molecule has 13 nitrogen and oxygen atoms in total. The van der Waals surface area contributed by atoms with Crippen LogP contribution in [0.1, 0.15) is 0 Å². The predicted octanol–water partition coefficient (Wildman–Crippen LogP) is -0.319. The van der Waals surface area contributed by atoms with E-state index in [-0.39, 0.29) is 45.3 Å². The number of carboxylic acids is 1. The average molecular weight is 562 g/mol. The number of aliphatic hydroxyl groups is 4. The second-order valence-corrected chi connectivity index (χ2v) is 8.12. The van der Waals surface area contributed by atoms with Crippen LogP contribution < -0.4 is 9.84 Å². The van der Waals surface area contributed by atoms with E-state index in [4.69, 9.17) is 23.8 Å². The molecule has 1 aliphatic rings. The minimum absolute atomic E-state index is 0.0465. The highest BCUT2D eigenvalue weighted by Crippen LogP contribution is 2.42. The zero-order valence-electron chi connectivity index (χ0n) is 19.3. The van der Waals surface area contributed by atoms with Gasteiger partial charge >= 0.3 is 17.5 Å². The van der Waals surface area contributed by atoms with Gasteiger partial charge in [0.1, 0.15) is 47.3 Å². The number of carboxylic acid groups (broad SMARTS) is 1. The van der Waals surface area contributed by atoms with Gasteiger partial charge in [-0.05, 0) is 12.1 Å². The van der Waals surface area contributed by atoms with E-state index in [2.05, 4.69) is 0 Å². The molecule has 212 valence electrons. The van der Waals surface area contributed by atoms with Crippen LogP contribution in [0.4, 0.5) is 13.2 Å². The molecule has 0 amide bonds. The van der Waals surface area contributed by atoms with Crippen LogP contribution in [0.15, 0.2) is 40.8 Å². The van der Waals surface area contributed by atoms with Gasteiger partial charge in [-0.3, -0.25) is 0 Å². The van der Waals surface area contributed by atoms with Crippen molar-refractivity contribution in [3.63, 3.8) is 0 Å². The van der Waals surface area contributed by atoms with Crippen LogP contribution in [0, 0.1) is 0 Å². The van der Waals surface area contributed by atoms with Crippen LogP contribution in [0.25, 0.3) is 22.3 Å². The van der Waals surface area contributed by atoms with Gasteiger partial charge in [0.2, 0.25) is 12.0 Å². The Morgan fingerprint density at radius 3 is 2.15 bits per heavy atom. The maximum absolute atomic E-state index is 10.5. The first kappa shape index (κ1) is 29.5. The standard InChI is InChI=1S/C21H20O11.C2HF3O2/c22-7-16-17(27)18(28)19(29)21(32-16)31-15-6-10-12(25)4-9(23)5-14(10)30-20(15)8-1-2-11(24)13(26)3-8;3-2(4,5)1(6)7/h1-6,16-19,21-22,27-29H,7H2,(H3-,23,24,25,26);(H,6,7)/t16-,17-,18+,19-,21-;/m1./s1. The van der Waals surface area contributed by atoms with Gasteiger partial charge < -0.3 is 60.2 Å². The first-order chi connectivity index (χ1) is 18.1. The van der Waals surface area contributed by atoms with Gasteiger partial charge in [0.05, 0.1) is 18.2 Å². The smallest absolute Gasteiger partial charge is 0.430 e. The topological polar surface area (TPSA) is 232 Å². The highest BCUT2D eigenvalue weighted by atomic mass is 19.4. The summed E-state index contributed by atoms with van der Waals surface area (Å²) in [6.07, 6.45) is -13.0. The zero-order valence-corrected chi connectivity index (χ0v) is 19.3. The molecule has 1 aromatic heterocycles. The third-order valence-corrected chi connectivity index (χ3v) is 5.38. The third kappa shape index (κ3) is 6.50. The molecule has 0 unspecified atom stereocenters. The number of carbonyl (C=O) groups is 1. The summed E-state index contributed by atoms with van der Waals surface area (Å²) < 4.78 is 48.4. The molecule has 0 saturated carbocycles. The minimum atomic E-state index is -5.19. The molecule has 1 saturated heterocycles. The first-order valence-corrected chi connectivity index (χ1v) is 10.7. The van der Waals surface area contributed by atoms with E-state index < -0.39 is 55.2 Å². The molecule has 1 aliphatic heterocycles. The Morgan fingerprint density at radius 2 is 1.59 bits per heavy atom. The van der Waals surface area contributed by atoms with Gasteiger partial charge in [0, 0.05) is 18.2 Å². The van der Waals surface area contributed by atoms with Crippen LogP contribution in [-0.2, 0) is 9.53 Å². The van der Waals surface area contributed by atoms with Crippen molar-refractivity contribution in [1.82, 2.24) is 0 Å². The Labute approximate surface area is 215 Å². The number of hydrogen-bond donors (Lipinski definition) is 8. The summed E-state index contributed by atoms with van der Waals surface area (Å²) >= 11 is 0. The Kier molecular flexibility index (Phi) is 8.57. The lowest BCUT2D eigenvalue weighted by molar-refractivity contribution is -0.344. The van der Waals surface area contributed by atoms with E-state index in [1.54, 1.807) is 0 Å². The van der Waals surface area contributed by atoms with Crippen LogP contribution in [-0.4, -0.2) is 90.3 Å². The van der Waals surface area contributed by atoms with Crippen molar-refractivity contribution in [2.45, 2.75) is 36.9 Å².